The zero-order valence-electron chi connectivity index (χ0n) is 32.0. The molecule has 276 valence electrons. The number of ether oxygens (including phenoxy) is 1. The summed E-state index contributed by atoms with van der Waals surface area (Å²) in [7, 11) is 0. The molecular formula is C55H35N2OS+. The molecule has 0 N–H and O–H groups in total. The van der Waals surface area contributed by atoms with E-state index in [2.05, 4.69) is 174 Å². The van der Waals surface area contributed by atoms with Gasteiger partial charge < -0.3 is 4.74 Å². The second-order valence-electron chi connectivity index (χ2n) is 15.3. The van der Waals surface area contributed by atoms with E-state index in [1.165, 1.54) is 96.4 Å². The molecule has 1 aliphatic heterocycles. The lowest BCUT2D eigenvalue weighted by molar-refractivity contribution is -0.688. The average Bonchev–Trinajstić information content (AvgIpc) is 3.91. The van der Waals surface area contributed by atoms with E-state index in [1.54, 1.807) is 0 Å². The van der Waals surface area contributed by atoms with Crippen LogP contribution < -0.4 is 9.30 Å². The molecule has 59 heavy (non-hydrogen) atoms. The Morgan fingerprint density at radius 1 is 0.441 bits per heavy atom. The Hall–Kier alpha value is -7.40. The van der Waals surface area contributed by atoms with Crippen molar-refractivity contribution in [2.75, 3.05) is 0 Å². The average molecular weight is 772 g/mol. The van der Waals surface area contributed by atoms with Crippen molar-refractivity contribution in [1.82, 2.24) is 4.98 Å². The van der Waals surface area contributed by atoms with Crippen LogP contribution in [0.25, 0.3) is 108 Å². The van der Waals surface area contributed by atoms with E-state index in [0.29, 0.717) is 6.73 Å². The van der Waals surface area contributed by atoms with Crippen LogP contribution in [-0.4, -0.2) is 4.98 Å². The summed E-state index contributed by atoms with van der Waals surface area (Å²) in [6, 6.07) is 68.1. The van der Waals surface area contributed by atoms with Gasteiger partial charge in [0.15, 0.2) is 11.9 Å². The lowest BCUT2D eigenvalue weighted by Crippen LogP contribution is -2.31. The summed E-state index contributed by atoms with van der Waals surface area (Å²) >= 11 is 1.83. The highest BCUT2D eigenvalue weighted by Gasteiger charge is 2.22. The third kappa shape index (κ3) is 5.56. The highest BCUT2D eigenvalue weighted by atomic mass is 32.1. The molecule has 3 nitrogen and oxygen atoms in total. The van der Waals surface area contributed by atoms with E-state index in [9.17, 15) is 0 Å². The Kier molecular flexibility index (Phi) is 7.78. The third-order valence-electron chi connectivity index (χ3n) is 11.9. The van der Waals surface area contributed by atoms with Gasteiger partial charge in [0, 0.05) is 33.3 Å². The number of rotatable bonds is 3. The zero-order valence-corrected chi connectivity index (χ0v) is 32.8. The first kappa shape index (κ1) is 33.7. The molecule has 0 saturated carbocycles. The van der Waals surface area contributed by atoms with Gasteiger partial charge in [0.1, 0.15) is 0 Å². The normalized spacial score (nSPS) is 12.1. The highest BCUT2D eigenvalue weighted by molar-refractivity contribution is 7.26. The number of pyridine rings is 2. The van der Waals surface area contributed by atoms with Crippen molar-refractivity contribution in [3.63, 3.8) is 0 Å². The summed E-state index contributed by atoms with van der Waals surface area (Å²) < 4.78 is 10.1. The first-order valence-corrected chi connectivity index (χ1v) is 20.8. The molecule has 13 rings (SSSR count). The fraction of sp³-hybridized carbons (Fsp3) is 0.0182. The number of hydrogen-bond acceptors (Lipinski definition) is 3. The van der Waals surface area contributed by atoms with Crippen molar-refractivity contribution in [2.24, 2.45) is 0 Å². The smallest absolute Gasteiger partial charge is 0.293 e. The topological polar surface area (TPSA) is 26.0 Å². The SMILES string of the molecule is c1cc2c3c(c1)ccc[n+]3CO2.c1ccc2cc(-c3c4ccccc4c(-c4ccc5ccccc5c4)c4cc(-c5nccc6c5sc5ccccc56)ccc34)ccc2c1. The number of fused-ring (bicyclic) bond motifs is 7. The second-order valence-corrected chi connectivity index (χ2v) is 16.3. The molecule has 0 atom stereocenters. The van der Waals surface area contributed by atoms with E-state index in [4.69, 9.17) is 9.72 Å². The molecule has 0 saturated heterocycles. The molecule has 9 aromatic carbocycles. The van der Waals surface area contributed by atoms with Crippen molar-refractivity contribution >= 4 is 85.5 Å². The van der Waals surface area contributed by atoms with Crippen molar-refractivity contribution in [1.29, 1.82) is 0 Å². The molecule has 12 aromatic rings. The van der Waals surface area contributed by atoms with Gasteiger partial charge in [0.25, 0.3) is 12.2 Å². The molecule has 4 heteroatoms. The summed E-state index contributed by atoms with van der Waals surface area (Å²) in [6.45, 7) is 0.649. The van der Waals surface area contributed by atoms with Gasteiger partial charge in [-0.25, -0.2) is 0 Å². The quantitative estimate of drug-likeness (QED) is 0.132. The van der Waals surface area contributed by atoms with Gasteiger partial charge in [-0.2, -0.15) is 4.57 Å². The summed E-state index contributed by atoms with van der Waals surface area (Å²) in [6.07, 6.45) is 4.00. The lowest BCUT2D eigenvalue weighted by atomic mass is 9.84. The minimum Gasteiger partial charge on any atom is -0.429 e. The van der Waals surface area contributed by atoms with Gasteiger partial charge in [0.05, 0.1) is 15.8 Å². The first-order chi connectivity index (χ1) is 29.2. The fourth-order valence-electron chi connectivity index (χ4n) is 9.16. The van der Waals surface area contributed by atoms with E-state index < -0.39 is 0 Å². The maximum absolute atomic E-state index is 5.48. The molecule has 0 bridgehead atoms. The number of nitrogens with zero attached hydrogens (tertiary/aromatic N) is 2. The Balaban J connectivity index is 0.000000267. The lowest BCUT2D eigenvalue weighted by Gasteiger charge is -2.19. The molecule has 0 fully saturated rings. The van der Waals surface area contributed by atoms with Gasteiger partial charge in [-0.15, -0.1) is 11.3 Å². The molecule has 3 aromatic heterocycles. The monoisotopic (exact) mass is 771 g/mol. The van der Waals surface area contributed by atoms with Gasteiger partial charge >= 0.3 is 0 Å². The van der Waals surface area contributed by atoms with E-state index in [1.807, 2.05) is 41.9 Å². The predicted molar refractivity (Wildman–Crippen MR) is 248 cm³/mol. The first-order valence-electron chi connectivity index (χ1n) is 20.0. The van der Waals surface area contributed by atoms with Crippen LogP contribution >= 0.6 is 11.3 Å². The molecular weight excluding hydrogens is 737 g/mol. The Bertz CT molecular complexity index is 3600. The molecule has 0 unspecified atom stereocenters. The molecule has 0 radical (unpaired) electrons. The third-order valence-corrected chi connectivity index (χ3v) is 13.1. The molecule has 1 aliphatic rings. The highest BCUT2D eigenvalue weighted by Crippen LogP contribution is 2.47. The van der Waals surface area contributed by atoms with Crippen LogP contribution in [0.2, 0.25) is 0 Å². The van der Waals surface area contributed by atoms with E-state index >= 15 is 0 Å². The Labute approximate surface area is 344 Å². The number of aromatic nitrogens is 2. The van der Waals surface area contributed by atoms with Crippen molar-refractivity contribution in [2.45, 2.75) is 6.73 Å². The van der Waals surface area contributed by atoms with Crippen molar-refractivity contribution < 1.29 is 9.30 Å². The standard InChI is InChI=1S/C45H27NS.C10H8NO/c1-3-11-30-25-32(19-17-28(30)9-1)42-36-14-5-6-15-37(36)43(33-20-18-29-10-2-4-12-31(29)26-33)40-27-34(21-22-38(40)42)44-45-39(23-24-46-44)35-13-7-8-16-41(35)47-45;1-3-8-4-2-6-11-7-12-9(5-1)10(8)11/h1-27H;1-6H,7H2/q;+1. The number of thiophene rings is 1. The Morgan fingerprint density at radius 2 is 1.03 bits per heavy atom. The summed E-state index contributed by atoms with van der Waals surface area (Å²) in [5, 5.41) is 13.8. The predicted octanol–water partition coefficient (Wildman–Crippen LogP) is 14.5. The summed E-state index contributed by atoms with van der Waals surface area (Å²) in [5.41, 5.74) is 8.36. The van der Waals surface area contributed by atoms with Crippen LogP contribution in [0, 0.1) is 0 Å². The van der Waals surface area contributed by atoms with E-state index in [0.717, 1.165) is 17.0 Å². The van der Waals surface area contributed by atoms with Crippen LogP contribution in [0.1, 0.15) is 0 Å². The summed E-state index contributed by atoms with van der Waals surface area (Å²) in [5.74, 6) is 0.994. The van der Waals surface area contributed by atoms with Crippen LogP contribution in [0.4, 0.5) is 0 Å². The van der Waals surface area contributed by atoms with Gasteiger partial charge in [0.2, 0.25) is 0 Å². The van der Waals surface area contributed by atoms with E-state index in [-0.39, 0.29) is 0 Å². The maximum atomic E-state index is 5.48. The number of hydrogen-bond donors (Lipinski definition) is 0. The fourth-order valence-corrected chi connectivity index (χ4v) is 10.4. The van der Waals surface area contributed by atoms with Gasteiger partial charge in [-0.05, 0) is 114 Å². The number of benzene rings is 9. The van der Waals surface area contributed by atoms with Crippen molar-refractivity contribution in [3.05, 3.63) is 200 Å². The van der Waals surface area contributed by atoms with Crippen LogP contribution in [0.5, 0.6) is 5.75 Å². The molecule has 0 spiro atoms. The molecule has 4 heterocycles. The van der Waals surface area contributed by atoms with Gasteiger partial charge in [-0.3, -0.25) is 4.98 Å². The molecule has 0 aliphatic carbocycles. The largest absolute Gasteiger partial charge is 0.429 e. The zero-order chi connectivity index (χ0) is 38.9. The second kappa shape index (κ2) is 13.6. The minimum absolute atomic E-state index is 0.649. The van der Waals surface area contributed by atoms with Gasteiger partial charge in [-0.1, -0.05) is 133 Å². The van der Waals surface area contributed by atoms with Crippen molar-refractivity contribution in [3.8, 4) is 39.3 Å². The van der Waals surface area contributed by atoms with Crippen LogP contribution in [-0.2, 0) is 6.73 Å². The Morgan fingerprint density at radius 3 is 1.78 bits per heavy atom. The maximum Gasteiger partial charge on any atom is 0.293 e. The minimum atomic E-state index is 0.649. The summed E-state index contributed by atoms with van der Waals surface area (Å²) in [4.78, 5) is 5.01. The number of para-hydroxylation sites is 1. The van der Waals surface area contributed by atoms with Crippen LogP contribution in [0.15, 0.2) is 200 Å². The molecule has 0 amide bonds. The van der Waals surface area contributed by atoms with Crippen LogP contribution in [0.3, 0.4) is 0 Å².